The molecule has 3 rings (SSSR count). The molecule has 0 amide bonds. The van der Waals surface area contributed by atoms with Gasteiger partial charge in [0.1, 0.15) is 0 Å². The maximum Gasteiger partial charge on any atom is 0.0733 e. The van der Waals surface area contributed by atoms with E-state index in [1.807, 2.05) is 12.1 Å². The van der Waals surface area contributed by atoms with Gasteiger partial charge in [0, 0.05) is 0 Å². The summed E-state index contributed by atoms with van der Waals surface area (Å²) >= 11 is 0. The summed E-state index contributed by atoms with van der Waals surface area (Å²) in [6.45, 7) is 4.34. The predicted octanol–water partition coefficient (Wildman–Crippen LogP) is 5.21. The van der Waals surface area contributed by atoms with Crippen molar-refractivity contribution in [1.82, 2.24) is 0 Å². The van der Waals surface area contributed by atoms with E-state index >= 15 is 0 Å². The normalized spacial score (nSPS) is 13.9. The van der Waals surface area contributed by atoms with Crippen LogP contribution in [0.3, 0.4) is 0 Å². The molecule has 3 aromatic carbocycles. The number of benzene rings is 3. The number of aliphatic hydroxyl groups is 1. The van der Waals surface area contributed by atoms with Crippen molar-refractivity contribution >= 4 is 34.0 Å². The Morgan fingerprint density at radius 2 is 1.46 bits per heavy atom. The third-order valence-electron chi connectivity index (χ3n) is 4.61. The lowest BCUT2D eigenvalue weighted by Crippen LogP contribution is -2.26. The van der Waals surface area contributed by atoms with Crippen LogP contribution in [0.4, 0.5) is 0 Å². The molecule has 3 heteroatoms. The molecule has 3 N–H and O–H groups in total. The molecular formula is C21H26ClNO. The van der Waals surface area contributed by atoms with Crippen LogP contribution in [-0.4, -0.2) is 11.2 Å². The Balaban J connectivity index is 0.00000208. The Morgan fingerprint density at radius 1 is 0.875 bits per heavy atom. The van der Waals surface area contributed by atoms with Gasteiger partial charge in [-0.1, -0.05) is 62.4 Å². The second kappa shape index (κ2) is 7.98. The molecule has 2 atom stereocenters. The zero-order valence-corrected chi connectivity index (χ0v) is 15.1. The lowest BCUT2D eigenvalue weighted by Gasteiger charge is -2.22. The quantitative estimate of drug-likeness (QED) is 0.624. The number of rotatable bonds is 5. The number of nitrogens with two attached hydrogens (primary N) is 1. The van der Waals surface area contributed by atoms with Crippen LogP contribution in [0.5, 0.6) is 0 Å². The summed E-state index contributed by atoms with van der Waals surface area (Å²) < 4.78 is 0. The van der Waals surface area contributed by atoms with E-state index in [0.29, 0.717) is 5.92 Å². The zero-order valence-electron chi connectivity index (χ0n) is 14.3. The van der Waals surface area contributed by atoms with Crippen LogP contribution in [0.15, 0.2) is 54.6 Å². The minimum absolute atomic E-state index is 0. The minimum atomic E-state index is -0.512. The Labute approximate surface area is 150 Å². The number of halogens is 1. The maximum absolute atomic E-state index is 10.5. The summed E-state index contributed by atoms with van der Waals surface area (Å²) in [6, 6.07) is 18.5. The fraction of sp³-hybridized carbons (Fsp3) is 0.333. The van der Waals surface area contributed by atoms with Crippen LogP contribution < -0.4 is 5.73 Å². The van der Waals surface area contributed by atoms with Gasteiger partial charge in [0.25, 0.3) is 0 Å². The van der Waals surface area contributed by atoms with Gasteiger partial charge in [0.05, 0.1) is 12.1 Å². The third-order valence-corrected chi connectivity index (χ3v) is 4.61. The highest BCUT2D eigenvalue weighted by molar-refractivity contribution is 6.09. The molecule has 24 heavy (non-hydrogen) atoms. The molecule has 0 saturated carbocycles. The van der Waals surface area contributed by atoms with E-state index in [0.717, 1.165) is 23.8 Å². The summed E-state index contributed by atoms with van der Waals surface area (Å²) in [5, 5.41) is 15.3. The van der Waals surface area contributed by atoms with Gasteiger partial charge >= 0.3 is 0 Å². The standard InChI is InChI=1S/C21H25NO.ClH/c1-14(2)11-12-20(23)21(22)19-13-15-7-3-4-8-16(15)17-9-5-6-10-18(17)19;/h3-10,13-14,20-21,23H,11-12,22H2,1-2H3;1H/t20-,21+;/m0./s1. The molecule has 2 nitrogen and oxygen atoms in total. The topological polar surface area (TPSA) is 46.2 Å². The lowest BCUT2D eigenvalue weighted by molar-refractivity contribution is 0.129. The van der Waals surface area contributed by atoms with E-state index < -0.39 is 6.10 Å². The van der Waals surface area contributed by atoms with Gasteiger partial charge < -0.3 is 10.8 Å². The summed E-state index contributed by atoms with van der Waals surface area (Å²) in [7, 11) is 0. The summed E-state index contributed by atoms with van der Waals surface area (Å²) in [6.07, 6.45) is 1.21. The van der Waals surface area contributed by atoms with Crippen LogP contribution in [0.2, 0.25) is 0 Å². The highest BCUT2D eigenvalue weighted by Crippen LogP contribution is 2.33. The fourth-order valence-electron chi connectivity index (χ4n) is 3.25. The van der Waals surface area contributed by atoms with E-state index in [1.54, 1.807) is 0 Å². The van der Waals surface area contributed by atoms with E-state index in [2.05, 4.69) is 56.3 Å². The van der Waals surface area contributed by atoms with Gasteiger partial charge in [-0.05, 0) is 51.9 Å². The number of fused-ring (bicyclic) bond motifs is 3. The summed E-state index contributed by atoms with van der Waals surface area (Å²) in [4.78, 5) is 0. The molecule has 0 aromatic heterocycles. The van der Waals surface area contributed by atoms with Gasteiger partial charge in [-0.2, -0.15) is 0 Å². The average Bonchev–Trinajstić information content (AvgIpc) is 2.58. The van der Waals surface area contributed by atoms with Gasteiger partial charge in [0.2, 0.25) is 0 Å². The number of hydrogen-bond acceptors (Lipinski definition) is 2. The Kier molecular flexibility index (Phi) is 6.22. The number of aliphatic hydroxyl groups excluding tert-OH is 1. The molecule has 0 saturated heterocycles. The molecule has 0 aliphatic rings. The second-order valence-electron chi connectivity index (χ2n) is 6.80. The van der Waals surface area contributed by atoms with E-state index in [9.17, 15) is 5.11 Å². The first-order valence-corrected chi connectivity index (χ1v) is 8.42. The smallest absolute Gasteiger partial charge is 0.0733 e. The Morgan fingerprint density at radius 3 is 2.12 bits per heavy atom. The van der Waals surface area contributed by atoms with Crippen molar-refractivity contribution in [3.63, 3.8) is 0 Å². The van der Waals surface area contributed by atoms with Crippen molar-refractivity contribution in [3.05, 3.63) is 60.2 Å². The predicted molar refractivity (Wildman–Crippen MR) is 106 cm³/mol. The maximum atomic E-state index is 10.5. The van der Waals surface area contributed by atoms with Crippen LogP contribution >= 0.6 is 12.4 Å². The SMILES string of the molecule is CC(C)CC[C@H](O)[C@H](N)c1cc2ccccc2c2ccccc12.Cl. The van der Waals surface area contributed by atoms with E-state index in [1.165, 1.54) is 16.2 Å². The summed E-state index contributed by atoms with van der Waals surface area (Å²) in [5.74, 6) is 0.574. The van der Waals surface area contributed by atoms with Crippen molar-refractivity contribution in [2.24, 2.45) is 11.7 Å². The molecule has 128 valence electrons. The first-order chi connectivity index (χ1) is 11.1. The van der Waals surface area contributed by atoms with Gasteiger partial charge in [0.15, 0.2) is 0 Å². The van der Waals surface area contributed by atoms with Crippen LogP contribution in [-0.2, 0) is 0 Å². The minimum Gasteiger partial charge on any atom is -0.391 e. The fourth-order valence-corrected chi connectivity index (χ4v) is 3.25. The highest BCUT2D eigenvalue weighted by atomic mass is 35.5. The first kappa shape index (κ1) is 18.7. The first-order valence-electron chi connectivity index (χ1n) is 8.42. The molecule has 0 fully saturated rings. The molecule has 0 heterocycles. The van der Waals surface area contributed by atoms with Crippen LogP contribution in [0.25, 0.3) is 21.5 Å². The van der Waals surface area contributed by atoms with Crippen molar-refractivity contribution in [2.45, 2.75) is 38.8 Å². The monoisotopic (exact) mass is 343 g/mol. The second-order valence-corrected chi connectivity index (χ2v) is 6.80. The van der Waals surface area contributed by atoms with E-state index in [4.69, 9.17) is 5.73 Å². The average molecular weight is 344 g/mol. The third kappa shape index (κ3) is 3.72. The molecule has 0 spiro atoms. The lowest BCUT2D eigenvalue weighted by atomic mass is 9.90. The van der Waals surface area contributed by atoms with Crippen LogP contribution in [0, 0.1) is 5.92 Å². The molecule has 0 bridgehead atoms. The zero-order chi connectivity index (χ0) is 16.4. The van der Waals surface area contributed by atoms with Crippen molar-refractivity contribution in [2.75, 3.05) is 0 Å². The van der Waals surface area contributed by atoms with E-state index in [-0.39, 0.29) is 18.4 Å². The van der Waals surface area contributed by atoms with Crippen LogP contribution in [0.1, 0.15) is 38.3 Å². The van der Waals surface area contributed by atoms with Crippen molar-refractivity contribution in [3.8, 4) is 0 Å². The molecule has 0 unspecified atom stereocenters. The molecule has 0 aliphatic carbocycles. The van der Waals surface area contributed by atoms with Gasteiger partial charge in [-0.25, -0.2) is 0 Å². The Hall–Kier alpha value is -1.61. The molecule has 0 radical (unpaired) electrons. The highest BCUT2D eigenvalue weighted by Gasteiger charge is 2.20. The molecular weight excluding hydrogens is 318 g/mol. The van der Waals surface area contributed by atoms with Gasteiger partial charge in [-0.15, -0.1) is 12.4 Å². The molecule has 0 aliphatic heterocycles. The van der Waals surface area contributed by atoms with Crippen molar-refractivity contribution < 1.29 is 5.11 Å². The summed E-state index contributed by atoms with van der Waals surface area (Å²) in [5.41, 5.74) is 7.47. The van der Waals surface area contributed by atoms with Gasteiger partial charge in [-0.3, -0.25) is 0 Å². The van der Waals surface area contributed by atoms with Crippen molar-refractivity contribution in [1.29, 1.82) is 0 Å². The Bertz CT molecular complexity index is 815. The number of hydrogen-bond donors (Lipinski definition) is 2. The largest absolute Gasteiger partial charge is 0.391 e. The molecule has 3 aromatic rings.